The van der Waals surface area contributed by atoms with Crippen LogP contribution >= 0.6 is 11.6 Å². The minimum absolute atomic E-state index is 0.0561. The van der Waals surface area contributed by atoms with Crippen LogP contribution in [0.4, 0.5) is 5.69 Å². The first-order chi connectivity index (χ1) is 18.7. The van der Waals surface area contributed by atoms with Crippen molar-refractivity contribution in [3.8, 4) is 5.82 Å². The Labute approximate surface area is 228 Å². The first-order valence-corrected chi connectivity index (χ1v) is 14.4. The molecule has 1 amide bonds. The van der Waals surface area contributed by atoms with E-state index in [1.165, 1.54) is 67.7 Å². The number of aromatic amines is 1. The third-order valence-corrected chi connectivity index (χ3v) is 8.60. The summed E-state index contributed by atoms with van der Waals surface area (Å²) in [4.78, 5) is 14.1. The van der Waals surface area contributed by atoms with Gasteiger partial charge in [-0.05, 0) is 68.0 Å². The Hall–Kier alpha value is -3.39. The highest BCUT2D eigenvalue weighted by molar-refractivity contribution is 6.40. The maximum atomic E-state index is 11.8. The van der Waals surface area contributed by atoms with E-state index in [9.17, 15) is 4.79 Å². The lowest BCUT2D eigenvalue weighted by atomic mass is 9.91. The van der Waals surface area contributed by atoms with E-state index in [-0.39, 0.29) is 11.8 Å². The number of carbonyl (C=O) groups excluding carboxylic acids is 1. The third kappa shape index (κ3) is 4.06. The number of H-pyrrole nitrogens is 1. The number of rotatable bonds is 5. The lowest BCUT2D eigenvalue weighted by molar-refractivity contribution is -0.539. The average Bonchev–Trinajstić information content (AvgIpc) is 3.69. The molecule has 0 bridgehead atoms. The Kier molecular flexibility index (Phi) is 6.07. The van der Waals surface area contributed by atoms with E-state index in [1.54, 1.807) is 0 Å². The number of hydrogen-bond acceptors (Lipinski definition) is 1. The molecule has 0 spiro atoms. The van der Waals surface area contributed by atoms with Gasteiger partial charge in [0.05, 0.1) is 18.8 Å². The topological polar surface area (TPSA) is 61.0 Å². The van der Waals surface area contributed by atoms with Crippen molar-refractivity contribution in [3.63, 3.8) is 0 Å². The Morgan fingerprint density at radius 3 is 2.53 bits per heavy atom. The third-order valence-electron chi connectivity index (χ3n) is 8.35. The Morgan fingerprint density at radius 2 is 1.79 bits per heavy atom. The fourth-order valence-corrected chi connectivity index (χ4v) is 6.46. The SMILES string of the molecule is O=C(CCl)Nc1ccc(C2=C3C=CC(=[N+]4CCCCC4)N3[B]n3c2ccc3-n2cc(C3CCCC3)[nH]2)cc1. The molecule has 1 saturated carbocycles. The highest BCUT2D eigenvalue weighted by Crippen LogP contribution is 2.39. The lowest BCUT2D eigenvalue weighted by Gasteiger charge is -2.28. The number of hydrogen-bond donors (Lipinski definition) is 2. The van der Waals surface area contributed by atoms with Crippen molar-refractivity contribution in [2.45, 2.75) is 50.9 Å². The molecule has 193 valence electrons. The minimum atomic E-state index is -0.204. The largest absolute Gasteiger partial charge is 0.553 e. The Balaban J connectivity index is 1.29. The van der Waals surface area contributed by atoms with Gasteiger partial charge in [-0.1, -0.05) is 25.0 Å². The standard InChI is InChI=1S/C29H31BClN6O/c31-18-26(38)32-22-10-8-21(9-11-22)29-24-12-14-27(34-16-4-1-5-17-34)36(24)30-37-25(29)13-15-28(37)35-19-23(33-35)20-6-2-3-7-20/h8-15,19-20,33H,1-7,16-18H2/p+1. The number of allylic oxidation sites excluding steroid dienone is 1. The van der Waals surface area contributed by atoms with E-state index < -0.39 is 0 Å². The van der Waals surface area contributed by atoms with Gasteiger partial charge in [0.15, 0.2) is 0 Å². The van der Waals surface area contributed by atoms with Crippen LogP contribution in [0.15, 0.2) is 60.4 Å². The molecule has 0 unspecified atom stereocenters. The number of carbonyl (C=O) groups is 1. The summed E-state index contributed by atoms with van der Waals surface area (Å²) in [5, 5.41) is 6.47. The summed E-state index contributed by atoms with van der Waals surface area (Å²) in [6.45, 7) is 2.18. The van der Waals surface area contributed by atoms with Crippen LogP contribution in [0.3, 0.4) is 0 Å². The predicted molar refractivity (Wildman–Crippen MR) is 152 cm³/mol. The molecule has 3 aliphatic heterocycles. The number of nitrogens with one attached hydrogen (secondary N) is 2. The monoisotopic (exact) mass is 526 g/mol. The van der Waals surface area contributed by atoms with Crippen LogP contribution in [-0.4, -0.2) is 61.9 Å². The highest BCUT2D eigenvalue weighted by Gasteiger charge is 2.40. The van der Waals surface area contributed by atoms with Gasteiger partial charge in [0, 0.05) is 35.1 Å². The van der Waals surface area contributed by atoms with Gasteiger partial charge in [0.25, 0.3) is 5.84 Å². The smallest absolute Gasteiger partial charge is 0.329 e. The molecule has 7 rings (SSSR count). The van der Waals surface area contributed by atoms with E-state index in [4.69, 9.17) is 11.6 Å². The molecule has 1 aromatic carbocycles. The summed E-state index contributed by atoms with van der Waals surface area (Å²) >= 11 is 5.68. The van der Waals surface area contributed by atoms with Gasteiger partial charge in [-0.3, -0.25) is 19.3 Å². The molecule has 9 heteroatoms. The van der Waals surface area contributed by atoms with Gasteiger partial charge >= 0.3 is 7.55 Å². The number of piperidine rings is 1. The number of amides is 1. The van der Waals surface area contributed by atoms with Crippen LogP contribution in [0.5, 0.6) is 0 Å². The minimum Gasteiger partial charge on any atom is -0.329 e. The zero-order valence-electron chi connectivity index (χ0n) is 21.5. The number of nitrogens with zero attached hydrogens (tertiary/aromatic N) is 4. The van der Waals surface area contributed by atoms with Crippen LogP contribution in [0.2, 0.25) is 0 Å². The van der Waals surface area contributed by atoms with Crippen molar-refractivity contribution in [1.82, 2.24) is 19.1 Å². The van der Waals surface area contributed by atoms with E-state index in [0.717, 1.165) is 35.9 Å². The summed E-state index contributed by atoms with van der Waals surface area (Å²) < 4.78 is 6.97. The van der Waals surface area contributed by atoms with Gasteiger partial charge in [-0.2, -0.15) is 0 Å². The maximum Gasteiger partial charge on any atom is 0.553 e. The van der Waals surface area contributed by atoms with Gasteiger partial charge < -0.3 is 9.79 Å². The molecular formula is C29H32BClN6O+. The molecule has 1 aliphatic carbocycles. The van der Waals surface area contributed by atoms with E-state index >= 15 is 0 Å². The van der Waals surface area contributed by atoms with Crippen molar-refractivity contribution in [2.24, 2.45) is 0 Å². The number of amidine groups is 1. The van der Waals surface area contributed by atoms with E-state index in [0.29, 0.717) is 5.92 Å². The summed E-state index contributed by atoms with van der Waals surface area (Å²) in [6.07, 6.45) is 15.8. The second-order valence-corrected chi connectivity index (χ2v) is 11.0. The van der Waals surface area contributed by atoms with Crippen LogP contribution in [-0.2, 0) is 4.79 Å². The normalized spacial score (nSPS) is 19.2. The van der Waals surface area contributed by atoms with Gasteiger partial charge in [0.1, 0.15) is 17.4 Å². The van der Waals surface area contributed by atoms with E-state index in [2.05, 4.69) is 79.1 Å². The van der Waals surface area contributed by atoms with Crippen molar-refractivity contribution in [2.75, 3.05) is 24.3 Å². The van der Waals surface area contributed by atoms with Gasteiger partial charge in [-0.15, -0.1) is 11.6 Å². The quantitative estimate of drug-likeness (QED) is 0.277. The number of benzene rings is 1. The van der Waals surface area contributed by atoms with Crippen LogP contribution < -0.4 is 5.32 Å². The van der Waals surface area contributed by atoms with Crippen molar-refractivity contribution in [1.29, 1.82) is 0 Å². The predicted octanol–water partition coefficient (Wildman–Crippen LogP) is 5.06. The van der Waals surface area contributed by atoms with Gasteiger partial charge in [-0.25, -0.2) is 4.68 Å². The van der Waals surface area contributed by atoms with Crippen LogP contribution in [0.1, 0.15) is 67.8 Å². The number of fused-ring (bicyclic) bond motifs is 2. The molecule has 4 aliphatic rings. The molecule has 3 aromatic rings. The van der Waals surface area contributed by atoms with Crippen molar-refractivity contribution in [3.05, 3.63) is 77.4 Å². The fraction of sp³-hybridized carbons (Fsp3) is 0.379. The molecule has 5 heterocycles. The number of anilines is 1. The zero-order valence-corrected chi connectivity index (χ0v) is 22.3. The molecule has 2 aromatic heterocycles. The number of halogens is 1. The van der Waals surface area contributed by atoms with E-state index in [1.807, 2.05) is 12.1 Å². The van der Waals surface area contributed by atoms with Crippen LogP contribution in [0, 0.1) is 0 Å². The van der Waals surface area contributed by atoms with Crippen LogP contribution in [0.25, 0.3) is 11.4 Å². The second-order valence-electron chi connectivity index (χ2n) is 10.7. The first kappa shape index (κ1) is 23.7. The fourth-order valence-electron chi connectivity index (χ4n) is 6.39. The lowest BCUT2D eigenvalue weighted by Crippen LogP contribution is -2.43. The summed E-state index contributed by atoms with van der Waals surface area (Å²) in [7, 11) is 2.24. The first-order valence-electron chi connectivity index (χ1n) is 13.8. The second kappa shape index (κ2) is 9.73. The summed E-state index contributed by atoms with van der Waals surface area (Å²) in [6, 6.07) is 12.5. The number of aromatic nitrogens is 3. The molecule has 38 heavy (non-hydrogen) atoms. The molecule has 2 N–H and O–H groups in total. The summed E-state index contributed by atoms with van der Waals surface area (Å²) in [5.74, 6) is 2.76. The van der Waals surface area contributed by atoms with Crippen molar-refractivity contribution < 1.29 is 9.37 Å². The molecule has 7 nitrogen and oxygen atoms in total. The maximum absolute atomic E-state index is 11.8. The molecule has 0 atom stereocenters. The highest BCUT2D eigenvalue weighted by atomic mass is 35.5. The molecule has 1 radical (unpaired) electrons. The summed E-state index contributed by atoms with van der Waals surface area (Å²) in [5.41, 5.74) is 6.73. The van der Waals surface area contributed by atoms with Gasteiger partial charge in [0.2, 0.25) is 5.91 Å². The molecular weight excluding hydrogens is 495 g/mol. The molecule has 2 fully saturated rings. The average molecular weight is 527 g/mol. The Bertz CT molecular complexity index is 1450. The number of alkyl halides is 1. The van der Waals surface area contributed by atoms with Crippen molar-refractivity contribution >= 4 is 42.2 Å². The Morgan fingerprint density at radius 1 is 1.03 bits per heavy atom. The zero-order chi connectivity index (χ0) is 25.6. The molecule has 1 saturated heterocycles.